The van der Waals surface area contributed by atoms with E-state index in [-0.39, 0.29) is 70.2 Å². The number of aromatic nitrogens is 4. The fourth-order valence-electron chi connectivity index (χ4n) is 11.8. The Bertz CT molecular complexity index is 3730. The fraction of sp³-hybridized carbons (Fsp3) is 0.474. The molecule has 22 nitrogen and oxygen atoms in total. The number of esters is 2. The third kappa shape index (κ3) is 22.8. The van der Waals surface area contributed by atoms with Crippen molar-refractivity contribution in [3.8, 4) is 5.69 Å². The molecule has 2 aliphatic heterocycles. The summed E-state index contributed by atoms with van der Waals surface area (Å²) in [4.78, 5) is 145. The van der Waals surface area contributed by atoms with Gasteiger partial charge in [-0.05, 0) is 80.8 Å². The highest BCUT2D eigenvalue weighted by Crippen LogP contribution is 2.32. The number of nitrogens with one attached hydrogen (secondary N) is 2. The molecule has 6 aromatic rings. The largest absolute Gasteiger partial charge is 0.462 e. The number of Topliss-reactive ketones (excluding diaryl/α,β-unsaturated/α-hetero) is 2. The average Bonchev–Trinajstić information content (AvgIpc) is 1.60. The van der Waals surface area contributed by atoms with Crippen LogP contribution in [0.2, 0.25) is 10.0 Å². The number of rotatable bonds is 41. The number of aryl methyl sites for hydroxylation is 1. The van der Waals surface area contributed by atoms with Gasteiger partial charge >= 0.3 is 24.1 Å². The monoisotopic (exact) mass is 1410 g/mol. The van der Waals surface area contributed by atoms with Crippen LogP contribution in [0.15, 0.2) is 122 Å². The van der Waals surface area contributed by atoms with Crippen molar-refractivity contribution >= 4 is 93.8 Å². The molecule has 0 spiro atoms. The highest BCUT2D eigenvalue weighted by atomic mass is 35.5. The van der Waals surface area contributed by atoms with Gasteiger partial charge in [-0.25, -0.2) is 38.9 Å². The molecule has 2 fully saturated rings. The second-order valence-corrected chi connectivity index (χ2v) is 26.6. The molecule has 0 aliphatic carbocycles. The summed E-state index contributed by atoms with van der Waals surface area (Å²) in [6.45, 7) is 7.51. The second kappa shape index (κ2) is 40.3. The lowest BCUT2D eigenvalue weighted by molar-refractivity contribution is -0.137. The van der Waals surface area contributed by atoms with E-state index < -0.39 is 76.9 Å². The fourth-order valence-corrected chi connectivity index (χ4v) is 12.1. The number of carbonyl (C=O) groups is 10. The van der Waals surface area contributed by atoms with Crippen molar-refractivity contribution in [2.75, 3.05) is 30.4 Å². The predicted octanol–water partition coefficient (Wildman–Crippen LogP) is 15.9. The summed E-state index contributed by atoms with van der Waals surface area (Å²) in [5.74, 6) is -6.46. The minimum atomic E-state index is -1.98. The number of cyclic esters (lactones) is 1. The minimum absolute atomic E-state index is 0.0105. The van der Waals surface area contributed by atoms with Gasteiger partial charge in [0.05, 0.1) is 70.8 Å². The molecule has 2 unspecified atom stereocenters. The van der Waals surface area contributed by atoms with Gasteiger partial charge in [-0.1, -0.05) is 227 Å². The molecule has 100 heavy (non-hydrogen) atoms. The van der Waals surface area contributed by atoms with E-state index >= 15 is 0 Å². The second-order valence-electron chi connectivity index (χ2n) is 25.8. The van der Waals surface area contributed by atoms with Crippen LogP contribution < -0.4 is 10.6 Å². The van der Waals surface area contributed by atoms with Gasteiger partial charge in [0.1, 0.15) is 17.9 Å². The molecule has 2 aliphatic rings. The van der Waals surface area contributed by atoms with Crippen LogP contribution >= 0.6 is 23.2 Å². The molecule has 0 bridgehead atoms. The Labute approximate surface area is 596 Å². The lowest BCUT2D eigenvalue weighted by Crippen LogP contribution is -2.53. The molecule has 0 radical (unpaired) electrons. The van der Waals surface area contributed by atoms with Gasteiger partial charge in [-0.3, -0.25) is 33.3 Å². The van der Waals surface area contributed by atoms with E-state index in [1.54, 1.807) is 37.4 Å². The smallest absolute Gasteiger partial charge is 0.418 e. The van der Waals surface area contributed by atoms with Crippen LogP contribution in [-0.4, -0.2) is 131 Å². The zero-order chi connectivity index (χ0) is 72.0. The number of urea groups is 1. The number of amides is 7. The molecular formula is C76H95Cl2N9O13. The number of carbonyl (C=O) groups excluding carboxylic acids is 10. The summed E-state index contributed by atoms with van der Waals surface area (Å²) in [5, 5.41) is 5.26. The number of ketones is 2. The number of anilines is 2. The third-order valence-corrected chi connectivity index (χ3v) is 18.1. The van der Waals surface area contributed by atoms with Crippen molar-refractivity contribution < 1.29 is 62.2 Å². The first kappa shape index (κ1) is 78.3. The number of ether oxygens (including phenoxy) is 3. The summed E-state index contributed by atoms with van der Waals surface area (Å²) in [6, 6.07) is 21.7. The Morgan fingerprint density at radius 1 is 0.540 bits per heavy atom. The van der Waals surface area contributed by atoms with Crippen LogP contribution in [0.25, 0.3) is 5.69 Å². The van der Waals surface area contributed by atoms with Gasteiger partial charge in [0, 0.05) is 19.3 Å². The van der Waals surface area contributed by atoms with Gasteiger partial charge < -0.3 is 34.3 Å². The average molecular weight is 1410 g/mol. The predicted molar refractivity (Wildman–Crippen MR) is 382 cm³/mol. The third-order valence-electron chi connectivity index (χ3n) is 17.4. The summed E-state index contributed by atoms with van der Waals surface area (Å²) in [6.07, 6.45) is 32.8. The lowest BCUT2D eigenvalue weighted by Gasteiger charge is -2.25. The number of imidazole rings is 2. The molecule has 8 rings (SSSR count). The zero-order valence-corrected chi connectivity index (χ0v) is 59.7. The molecule has 2 aromatic heterocycles. The first-order valence-corrected chi connectivity index (χ1v) is 35.9. The van der Waals surface area contributed by atoms with Crippen molar-refractivity contribution in [2.45, 2.75) is 206 Å². The van der Waals surface area contributed by atoms with Gasteiger partial charge in [-0.2, -0.15) is 0 Å². The number of para-hydroxylation sites is 1. The molecule has 2 N–H and O–H groups in total. The maximum absolute atomic E-state index is 14.0. The van der Waals surface area contributed by atoms with E-state index in [0.717, 1.165) is 50.5 Å². The number of hydrogen-bond acceptors (Lipinski definition) is 15. The van der Waals surface area contributed by atoms with Crippen molar-refractivity contribution in [3.05, 3.63) is 160 Å². The first-order valence-electron chi connectivity index (χ1n) is 35.1. The van der Waals surface area contributed by atoms with Gasteiger partial charge in [0.25, 0.3) is 23.6 Å². The lowest BCUT2D eigenvalue weighted by atomic mass is 10.0. The molecule has 2 saturated heterocycles. The molecule has 7 amide bonds. The van der Waals surface area contributed by atoms with Crippen molar-refractivity contribution in [1.82, 2.24) is 33.8 Å². The summed E-state index contributed by atoms with van der Waals surface area (Å²) >= 11 is 12.8. The van der Waals surface area contributed by atoms with Crippen LogP contribution in [0, 0.1) is 0 Å². The molecule has 4 heterocycles. The Hall–Kier alpha value is -9.02. The van der Waals surface area contributed by atoms with Gasteiger partial charge in [0.2, 0.25) is 11.6 Å². The topological polar surface area (TPSA) is 268 Å². The van der Waals surface area contributed by atoms with E-state index in [4.69, 9.17) is 37.4 Å². The molecule has 0 saturated carbocycles. The molecule has 536 valence electrons. The Morgan fingerprint density at radius 2 is 0.960 bits per heavy atom. The maximum Gasteiger partial charge on any atom is 0.418 e. The quantitative estimate of drug-likeness (QED) is 0.00902. The Balaban J connectivity index is 0.000000282. The molecular weight excluding hydrogens is 1320 g/mol. The number of imide groups is 2. The molecule has 2 atom stereocenters. The number of benzene rings is 4. The first-order chi connectivity index (χ1) is 48.3. The van der Waals surface area contributed by atoms with Gasteiger partial charge in [0.15, 0.2) is 17.7 Å². The molecule has 24 heteroatoms. The zero-order valence-electron chi connectivity index (χ0n) is 58.2. The van der Waals surface area contributed by atoms with Crippen LogP contribution in [0.3, 0.4) is 0 Å². The van der Waals surface area contributed by atoms with Crippen LogP contribution in [0.4, 0.5) is 21.0 Å². The SMILES string of the molecule is CCCCCCCCCCCCCCCCOC(=O)c1ccc(Cl)c(NC(=O)C(C(=O)c2cncn2C)N2C(=O)CN(Cc3ccccc3)C2=O)c1.CCCCCCCCCCCCOC(=O)c1ccc(Cl)c(NC(=O)C(C(=O)c2cncn2-c2ccccc2)N2C(=O)OC(C)(C)C2=O)c1. The highest BCUT2D eigenvalue weighted by Gasteiger charge is 2.54. The molecule has 4 aromatic carbocycles. The van der Waals surface area contributed by atoms with E-state index in [9.17, 15) is 47.9 Å². The van der Waals surface area contributed by atoms with Crippen molar-refractivity contribution in [3.63, 3.8) is 0 Å². The Kier molecular flexibility index (Phi) is 31.6. The number of unbranched alkanes of at least 4 members (excludes halogenated alkanes) is 22. The van der Waals surface area contributed by atoms with E-state index in [2.05, 4.69) is 34.4 Å². The summed E-state index contributed by atoms with van der Waals surface area (Å²) < 4.78 is 19.0. The van der Waals surface area contributed by atoms with Crippen LogP contribution in [-0.2, 0) is 47.0 Å². The summed E-state index contributed by atoms with van der Waals surface area (Å²) in [5.41, 5.74) is 0.0159. The standard InChI is InChI=1S/C40H52ClN5O6.C36H43ClN4O7/c1-3-4-5-6-7-8-9-10-11-12-13-14-15-19-24-52-39(50)31-22-23-32(41)33(25-31)43-38(49)36(37(48)34-26-42-29-44(34)2)46-35(47)28-45(40(46)51)27-30-20-17-16-18-21-30;1-4-5-6-7-8-9-10-11-12-16-21-47-33(44)25-19-20-27(37)28(22-25)39-32(43)30(41-34(45)36(2,3)48-35(41)46)31(42)29-23-38-24-40(29)26-17-14-13-15-18-26/h16-18,20-23,25-26,29,36H,3-15,19,24,27-28H2,1-2H3,(H,43,49);13-15,17-20,22-24,30H,4-12,16,21H2,1-3H3,(H,39,43). The van der Waals surface area contributed by atoms with Crippen molar-refractivity contribution in [1.29, 1.82) is 0 Å². The number of halogens is 2. The number of nitrogens with zero attached hydrogens (tertiary/aromatic N) is 7. The van der Waals surface area contributed by atoms with Gasteiger partial charge in [-0.15, -0.1) is 0 Å². The van der Waals surface area contributed by atoms with Crippen LogP contribution in [0.1, 0.15) is 229 Å². The highest BCUT2D eigenvalue weighted by molar-refractivity contribution is 6.35. The summed E-state index contributed by atoms with van der Waals surface area (Å²) in [7, 11) is 1.56. The van der Waals surface area contributed by atoms with E-state index in [1.807, 2.05) is 30.3 Å². The van der Waals surface area contributed by atoms with Crippen molar-refractivity contribution in [2.24, 2.45) is 7.05 Å². The van der Waals surface area contributed by atoms with E-state index in [0.29, 0.717) is 15.5 Å². The Morgan fingerprint density at radius 3 is 1.40 bits per heavy atom. The number of hydrogen-bond donors (Lipinski definition) is 2. The van der Waals surface area contributed by atoms with E-state index in [1.165, 1.54) is 198 Å². The minimum Gasteiger partial charge on any atom is -0.462 e. The van der Waals surface area contributed by atoms with Crippen LogP contribution in [0.5, 0.6) is 0 Å². The normalized spacial score (nSPS) is 13.9. The maximum atomic E-state index is 14.0.